The maximum absolute atomic E-state index is 8.83. The molecule has 3 rings (SSSR count). The van der Waals surface area contributed by atoms with E-state index in [1.165, 1.54) is 31.4 Å². The van der Waals surface area contributed by atoms with Crippen molar-refractivity contribution in [3.63, 3.8) is 0 Å². The van der Waals surface area contributed by atoms with Gasteiger partial charge in [0, 0.05) is 30.9 Å². The Kier molecular flexibility index (Phi) is 2.49. The Bertz CT molecular complexity index is 425. The Morgan fingerprint density at radius 3 is 3.12 bits per heavy atom. The van der Waals surface area contributed by atoms with Crippen LogP contribution in [-0.4, -0.2) is 18.0 Å². The Morgan fingerprint density at radius 1 is 1.50 bits per heavy atom. The molecule has 0 bridgehead atoms. The van der Waals surface area contributed by atoms with E-state index in [0.717, 1.165) is 19.5 Å². The SMILES string of the molecule is N#CCC1(CN2CCc3sccc3C2)CC1. The van der Waals surface area contributed by atoms with Crippen LogP contribution in [0, 0.1) is 16.7 Å². The van der Waals surface area contributed by atoms with E-state index in [0.29, 0.717) is 5.41 Å². The second kappa shape index (κ2) is 3.87. The van der Waals surface area contributed by atoms with E-state index in [1.807, 2.05) is 11.3 Å². The van der Waals surface area contributed by atoms with Gasteiger partial charge in [0.15, 0.2) is 0 Å². The van der Waals surface area contributed by atoms with Gasteiger partial charge in [0.2, 0.25) is 0 Å². The molecule has 0 aromatic carbocycles. The van der Waals surface area contributed by atoms with Crippen molar-refractivity contribution in [3.8, 4) is 6.07 Å². The molecule has 84 valence electrons. The van der Waals surface area contributed by atoms with Crippen LogP contribution < -0.4 is 0 Å². The van der Waals surface area contributed by atoms with Gasteiger partial charge in [-0.3, -0.25) is 4.90 Å². The van der Waals surface area contributed by atoms with Gasteiger partial charge in [-0.15, -0.1) is 11.3 Å². The molecule has 1 fully saturated rings. The highest BCUT2D eigenvalue weighted by atomic mass is 32.1. The summed E-state index contributed by atoms with van der Waals surface area (Å²) in [6.07, 6.45) is 4.47. The third-order valence-electron chi connectivity index (χ3n) is 3.86. The minimum Gasteiger partial charge on any atom is -0.298 e. The largest absolute Gasteiger partial charge is 0.298 e. The van der Waals surface area contributed by atoms with E-state index < -0.39 is 0 Å². The summed E-state index contributed by atoms with van der Waals surface area (Å²) in [5.41, 5.74) is 1.88. The van der Waals surface area contributed by atoms with E-state index in [4.69, 9.17) is 5.26 Å². The predicted octanol–water partition coefficient (Wildman–Crippen LogP) is 2.80. The zero-order valence-electron chi connectivity index (χ0n) is 9.41. The van der Waals surface area contributed by atoms with Crippen LogP contribution in [0.25, 0.3) is 0 Å². The Labute approximate surface area is 100 Å². The van der Waals surface area contributed by atoms with Crippen LogP contribution in [0.3, 0.4) is 0 Å². The summed E-state index contributed by atoms with van der Waals surface area (Å²) >= 11 is 1.89. The van der Waals surface area contributed by atoms with Crippen LogP contribution in [0.1, 0.15) is 29.7 Å². The van der Waals surface area contributed by atoms with E-state index in [1.54, 1.807) is 4.88 Å². The van der Waals surface area contributed by atoms with Gasteiger partial charge in [-0.25, -0.2) is 0 Å². The number of hydrogen-bond acceptors (Lipinski definition) is 3. The molecule has 1 aromatic heterocycles. The van der Waals surface area contributed by atoms with E-state index in [-0.39, 0.29) is 0 Å². The van der Waals surface area contributed by atoms with Crippen LogP contribution in [0.4, 0.5) is 0 Å². The maximum atomic E-state index is 8.83. The van der Waals surface area contributed by atoms with Crippen molar-refractivity contribution in [2.75, 3.05) is 13.1 Å². The molecule has 3 heteroatoms. The molecule has 0 atom stereocenters. The third-order valence-corrected chi connectivity index (χ3v) is 4.88. The summed E-state index contributed by atoms with van der Waals surface area (Å²) < 4.78 is 0. The molecule has 0 N–H and O–H groups in total. The summed E-state index contributed by atoms with van der Waals surface area (Å²) in [5.74, 6) is 0. The lowest BCUT2D eigenvalue weighted by molar-refractivity contribution is 0.205. The first-order valence-corrected chi connectivity index (χ1v) is 6.84. The summed E-state index contributed by atoms with van der Waals surface area (Å²) in [6, 6.07) is 4.61. The quantitative estimate of drug-likeness (QED) is 0.801. The molecular weight excluding hydrogens is 216 g/mol. The smallest absolute Gasteiger partial charge is 0.0628 e. The first kappa shape index (κ1) is 10.3. The van der Waals surface area contributed by atoms with Gasteiger partial charge in [0.05, 0.1) is 6.07 Å². The molecular formula is C13H16N2S. The number of rotatable bonds is 3. The van der Waals surface area contributed by atoms with Crippen LogP contribution in [0.5, 0.6) is 0 Å². The van der Waals surface area contributed by atoms with Gasteiger partial charge in [-0.05, 0) is 41.7 Å². The fourth-order valence-electron chi connectivity index (χ4n) is 2.65. The van der Waals surface area contributed by atoms with Crippen molar-refractivity contribution < 1.29 is 0 Å². The van der Waals surface area contributed by atoms with Crippen LogP contribution in [0.15, 0.2) is 11.4 Å². The summed E-state index contributed by atoms with van der Waals surface area (Å²) in [5, 5.41) is 11.0. The summed E-state index contributed by atoms with van der Waals surface area (Å²) in [4.78, 5) is 4.11. The monoisotopic (exact) mass is 232 g/mol. The Balaban J connectivity index is 1.65. The standard InChI is InChI=1S/C13H16N2S/c14-6-5-13(3-4-13)10-15-7-1-12-11(9-15)2-8-16-12/h2,8H,1,3-5,7,9-10H2. The van der Waals surface area contributed by atoms with Gasteiger partial charge in [-0.1, -0.05) is 0 Å². The third kappa shape index (κ3) is 1.88. The molecule has 1 aromatic rings. The lowest BCUT2D eigenvalue weighted by Crippen LogP contribution is -2.34. The van der Waals surface area contributed by atoms with Crippen LogP contribution in [-0.2, 0) is 13.0 Å². The molecule has 1 aliphatic carbocycles. The van der Waals surface area contributed by atoms with Gasteiger partial charge in [-0.2, -0.15) is 5.26 Å². The topological polar surface area (TPSA) is 27.0 Å². The number of fused-ring (bicyclic) bond motifs is 1. The predicted molar refractivity (Wildman–Crippen MR) is 65.2 cm³/mol. The molecule has 0 unspecified atom stereocenters. The lowest BCUT2D eigenvalue weighted by atomic mass is 10.0. The Morgan fingerprint density at radius 2 is 2.38 bits per heavy atom. The molecule has 0 radical (unpaired) electrons. The fraction of sp³-hybridized carbons (Fsp3) is 0.615. The van der Waals surface area contributed by atoms with E-state index in [9.17, 15) is 0 Å². The second-order valence-electron chi connectivity index (χ2n) is 5.16. The average Bonchev–Trinajstić information content (AvgIpc) is 2.87. The molecule has 2 heterocycles. The van der Waals surface area contributed by atoms with Crippen molar-refractivity contribution in [3.05, 3.63) is 21.9 Å². The maximum Gasteiger partial charge on any atom is 0.0628 e. The van der Waals surface area contributed by atoms with Crippen LogP contribution >= 0.6 is 11.3 Å². The first-order valence-electron chi connectivity index (χ1n) is 5.96. The molecule has 1 aliphatic heterocycles. The lowest BCUT2D eigenvalue weighted by Gasteiger charge is -2.29. The van der Waals surface area contributed by atoms with Crippen molar-refractivity contribution in [1.82, 2.24) is 4.90 Å². The number of hydrogen-bond donors (Lipinski definition) is 0. The van der Waals surface area contributed by atoms with Gasteiger partial charge in [0.1, 0.15) is 0 Å². The van der Waals surface area contributed by atoms with Crippen LogP contribution in [0.2, 0.25) is 0 Å². The summed E-state index contributed by atoms with van der Waals surface area (Å²) in [6.45, 7) is 3.42. The Hall–Kier alpha value is -0.850. The molecule has 0 saturated heterocycles. The second-order valence-corrected chi connectivity index (χ2v) is 6.17. The molecule has 2 nitrogen and oxygen atoms in total. The van der Waals surface area contributed by atoms with Gasteiger partial charge in [0.25, 0.3) is 0 Å². The highest BCUT2D eigenvalue weighted by Crippen LogP contribution is 2.49. The number of nitriles is 1. The number of thiophene rings is 1. The van der Waals surface area contributed by atoms with E-state index >= 15 is 0 Å². The highest BCUT2D eigenvalue weighted by molar-refractivity contribution is 7.10. The minimum absolute atomic E-state index is 0.363. The number of nitrogens with zero attached hydrogens (tertiary/aromatic N) is 2. The molecule has 16 heavy (non-hydrogen) atoms. The summed E-state index contributed by atoms with van der Waals surface area (Å²) in [7, 11) is 0. The normalized spacial score (nSPS) is 22.4. The van der Waals surface area contributed by atoms with Crippen molar-refractivity contribution >= 4 is 11.3 Å². The minimum atomic E-state index is 0.363. The fourth-order valence-corrected chi connectivity index (χ4v) is 3.54. The zero-order valence-corrected chi connectivity index (χ0v) is 10.2. The molecule has 1 saturated carbocycles. The van der Waals surface area contributed by atoms with Gasteiger partial charge >= 0.3 is 0 Å². The van der Waals surface area contributed by atoms with Gasteiger partial charge < -0.3 is 0 Å². The first-order chi connectivity index (χ1) is 7.81. The van der Waals surface area contributed by atoms with Crippen molar-refractivity contribution in [2.24, 2.45) is 5.41 Å². The molecule has 2 aliphatic rings. The van der Waals surface area contributed by atoms with E-state index in [2.05, 4.69) is 22.4 Å². The molecule has 0 amide bonds. The highest BCUT2D eigenvalue weighted by Gasteiger charge is 2.43. The zero-order chi connectivity index (χ0) is 11.0. The van der Waals surface area contributed by atoms with Crippen molar-refractivity contribution in [2.45, 2.75) is 32.2 Å². The average molecular weight is 232 g/mol. The molecule has 0 spiro atoms. The van der Waals surface area contributed by atoms with Crippen molar-refractivity contribution in [1.29, 1.82) is 5.26 Å².